The van der Waals surface area contributed by atoms with Crippen molar-refractivity contribution >= 4 is 21.7 Å². The fourth-order valence-electron chi connectivity index (χ4n) is 2.87. The SMILES string of the molecule is CC(C)CNS(=O)(=O)c1cc(C(=O)O)ccc1NCCC1=CCCCC1. The Balaban J connectivity index is 2.18. The Bertz CT molecular complexity index is 770. The Hall–Kier alpha value is -1.86. The maximum absolute atomic E-state index is 12.6. The van der Waals surface area contributed by atoms with Crippen molar-refractivity contribution in [1.29, 1.82) is 0 Å². The van der Waals surface area contributed by atoms with Gasteiger partial charge in [-0.1, -0.05) is 25.5 Å². The highest BCUT2D eigenvalue weighted by atomic mass is 32.2. The van der Waals surface area contributed by atoms with Gasteiger partial charge in [0.25, 0.3) is 0 Å². The molecule has 0 unspecified atom stereocenters. The summed E-state index contributed by atoms with van der Waals surface area (Å²) in [5.41, 5.74) is 1.78. The first-order chi connectivity index (χ1) is 12.3. The van der Waals surface area contributed by atoms with E-state index in [1.54, 1.807) is 0 Å². The summed E-state index contributed by atoms with van der Waals surface area (Å²) < 4.78 is 27.8. The molecule has 0 fully saturated rings. The van der Waals surface area contributed by atoms with Crippen molar-refractivity contribution in [2.75, 3.05) is 18.4 Å². The molecule has 3 N–H and O–H groups in total. The predicted molar refractivity (Wildman–Crippen MR) is 103 cm³/mol. The Labute approximate surface area is 155 Å². The zero-order valence-electron chi connectivity index (χ0n) is 15.4. The van der Waals surface area contributed by atoms with Crippen molar-refractivity contribution in [2.24, 2.45) is 5.92 Å². The number of carboxylic acid groups (broad SMARTS) is 1. The predicted octanol–water partition coefficient (Wildman–Crippen LogP) is 3.62. The molecule has 144 valence electrons. The second-order valence-corrected chi connectivity index (χ2v) is 8.78. The molecule has 0 radical (unpaired) electrons. The fraction of sp³-hybridized carbons (Fsp3) is 0.526. The smallest absolute Gasteiger partial charge is 0.335 e. The van der Waals surface area contributed by atoms with Crippen molar-refractivity contribution in [3.63, 3.8) is 0 Å². The van der Waals surface area contributed by atoms with Gasteiger partial charge in [0.2, 0.25) is 10.0 Å². The van der Waals surface area contributed by atoms with Crippen LogP contribution in [0.5, 0.6) is 0 Å². The van der Waals surface area contributed by atoms with Crippen LogP contribution < -0.4 is 10.0 Å². The zero-order valence-corrected chi connectivity index (χ0v) is 16.2. The molecule has 1 aliphatic rings. The number of aromatic carboxylic acids is 1. The van der Waals surface area contributed by atoms with Crippen LogP contribution in [0.25, 0.3) is 0 Å². The number of sulfonamides is 1. The molecule has 0 spiro atoms. The van der Waals surface area contributed by atoms with Crippen LogP contribution in [0.1, 0.15) is 56.3 Å². The van der Waals surface area contributed by atoms with E-state index in [0.29, 0.717) is 18.8 Å². The molecular weight excluding hydrogens is 352 g/mol. The average Bonchev–Trinajstić information content (AvgIpc) is 2.61. The van der Waals surface area contributed by atoms with Crippen molar-refractivity contribution in [1.82, 2.24) is 4.72 Å². The number of hydrogen-bond acceptors (Lipinski definition) is 4. The van der Waals surface area contributed by atoms with Crippen LogP contribution in [0.3, 0.4) is 0 Å². The van der Waals surface area contributed by atoms with Crippen molar-refractivity contribution < 1.29 is 18.3 Å². The number of carbonyl (C=O) groups is 1. The third-order valence-electron chi connectivity index (χ3n) is 4.35. The van der Waals surface area contributed by atoms with Crippen molar-refractivity contribution in [3.05, 3.63) is 35.4 Å². The van der Waals surface area contributed by atoms with Gasteiger partial charge in [0.15, 0.2) is 0 Å². The third kappa shape index (κ3) is 5.85. The van der Waals surface area contributed by atoms with Crippen LogP contribution in [0.2, 0.25) is 0 Å². The van der Waals surface area contributed by atoms with Gasteiger partial charge in [-0.25, -0.2) is 17.9 Å². The summed E-state index contributed by atoms with van der Waals surface area (Å²) in [6, 6.07) is 4.17. The zero-order chi connectivity index (χ0) is 19.2. The molecule has 0 amide bonds. The van der Waals surface area contributed by atoms with Gasteiger partial charge in [-0.15, -0.1) is 0 Å². The molecule has 0 aliphatic heterocycles. The van der Waals surface area contributed by atoms with Gasteiger partial charge in [0.1, 0.15) is 4.90 Å². The monoisotopic (exact) mass is 380 g/mol. The number of carboxylic acids is 1. The average molecular weight is 381 g/mol. The first-order valence-electron chi connectivity index (χ1n) is 9.08. The Kier molecular flexibility index (Phi) is 7.23. The first-order valence-corrected chi connectivity index (χ1v) is 10.6. The standard InChI is InChI=1S/C19H28N2O4S/c1-14(2)13-21-26(24,25)18-12-16(19(22)23)8-9-17(18)20-11-10-15-6-4-3-5-7-15/h6,8-9,12,14,20-21H,3-5,7,10-11,13H2,1-2H3,(H,22,23). The highest BCUT2D eigenvalue weighted by Gasteiger charge is 2.21. The first kappa shape index (κ1) is 20.5. The van der Waals surface area contributed by atoms with E-state index in [2.05, 4.69) is 16.1 Å². The van der Waals surface area contributed by atoms with Crippen LogP contribution in [-0.4, -0.2) is 32.6 Å². The molecule has 6 nitrogen and oxygen atoms in total. The normalized spacial score (nSPS) is 15.0. The molecule has 0 aromatic heterocycles. The summed E-state index contributed by atoms with van der Waals surface area (Å²) in [7, 11) is -3.79. The van der Waals surface area contributed by atoms with Crippen LogP contribution in [0.4, 0.5) is 5.69 Å². The molecule has 0 saturated heterocycles. The van der Waals surface area contributed by atoms with E-state index in [-0.39, 0.29) is 16.4 Å². The van der Waals surface area contributed by atoms with Gasteiger partial charge < -0.3 is 10.4 Å². The van der Waals surface area contributed by atoms with Gasteiger partial charge >= 0.3 is 5.97 Å². The molecule has 0 bridgehead atoms. The van der Waals surface area contributed by atoms with E-state index in [0.717, 1.165) is 19.3 Å². The van der Waals surface area contributed by atoms with E-state index in [1.165, 1.54) is 36.6 Å². The topological polar surface area (TPSA) is 95.5 Å². The molecule has 0 atom stereocenters. The Morgan fingerprint density at radius 3 is 2.65 bits per heavy atom. The maximum Gasteiger partial charge on any atom is 0.335 e. The molecule has 7 heteroatoms. The summed E-state index contributed by atoms with van der Waals surface area (Å²) in [5, 5.41) is 12.4. The molecule has 1 aromatic rings. The van der Waals surface area contributed by atoms with Crippen LogP contribution in [-0.2, 0) is 10.0 Å². The largest absolute Gasteiger partial charge is 0.478 e. The van der Waals surface area contributed by atoms with Gasteiger partial charge in [0.05, 0.1) is 11.3 Å². The lowest BCUT2D eigenvalue weighted by molar-refractivity contribution is 0.0696. The number of benzene rings is 1. The van der Waals surface area contributed by atoms with E-state index in [9.17, 15) is 18.3 Å². The number of allylic oxidation sites excluding steroid dienone is 1. The van der Waals surface area contributed by atoms with Crippen LogP contribution in [0.15, 0.2) is 34.7 Å². The Morgan fingerprint density at radius 1 is 1.27 bits per heavy atom. The number of rotatable bonds is 9. The minimum absolute atomic E-state index is 0.0179. The minimum atomic E-state index is -3.79. The summed E-state index contributed by atoms with van der Waals surface area (Å²) in [4.78, 5) is 11.2. The van der Waals surface area contributed by atoms with Gasteiger partial charge in [-0.2, -0.15) is 0 Å². The van der Waals surface area contributed by atoms with E-state index in [1.807, 2.05) is 13.8 Å². The lowest BCUT2D eigenvalue weighted by atomic mass is 9.97. The summed E-state index contributed by atoms with van der Waals surface area (Å²) >= 11 is 0. The molecule has 2 rings (SSSR count). The van der Waals surface area contributed by atoms with Gasteiger partial charge in [0, 0.05) is 13.1 Å². The molecule has 0 heterocycles. The number of anilines is 1. The minimum Gasteiger partial charge on any atom is -0.478 e. The van der Waals surface area contributed by atoms with Crippen LogP contribution in [0, 0.1) is 5.92 Å². The van der Waals surface area contributed by atoms with Crippen molar-refractivity contribution in [2.45, 2.75) is 50.8 Å². The number of nitrogens with one attached hydrogen (secondary N) is 2. The lowest BCUT2D eigenvalue weighted by Gasteiger charge is -2.16. The lowest BCUT2D eigenvalue weighted by Crippen LogP contribution is -2.28. The van der Waals surface area contributed by atoms with Crippen LogP contribution >= 0.6 is 0 Å². The molecule has 26 heavy (non-hydrogen) atoms. The van der Waals surface area contributed by atoms with E-state index in [4.69, 9.17) is 0 Å². The summed E-state index contributed by atoms with van der Waals surface area (Å²) in [6.45, 7) is 4.73. The fourth-order valence-corrected chi connectivity index (χ4v) is 4.29. The third-order valence-corrected chi connectivity index (χ3v) is 5.81. The van der Waals surface area contributed by atoms with Crippen molar-refractivity contribution in [3.8, 4) is 0 Å². The highest BCUT2D eigenvalue weighted by molar-refractivity contribution is 7.89. The molecule has 1 aliphatic carbocycles. The quantitative estimate of drug-likeness (QED) is 0.569. The highest BCUT2D eigenvalue weighted by Crippen LogP contribution is 2.25. The molecule has 0 saturated carbocycles. The van der Waals surface area contributed by atoms with E-state index >= 15 is 0 Å². The van der Waals surface area contributed by atoms with Gasteiger partial charge in [-0.3, -0.25) is 0 Å². The molecular formula is C19H28N2O4S. The second-order valence-electron chi connectivity index (χ2n) is 7.05. The molecule has 1 aromatic carbocycles. The Morgan fingerprint density at radius 2 is 2.04 bits per heavy atom. The second kappa shape index (κ2) is 9.19. The summed E-state index contributed by atoms with van der Waals surface area (Å²) in [6.07, 6.45) is 7.78. The van der Waals surface area contributed by atoms with Gasteiger partial charge in [-0.05, 0) is 56.2 Å². The number of hydrogen-bond donors (Lipinski definition) is 3. The maximum atomic E-state index is 12.6. The summed E-state index contributed by atoms with van der Waals surface area (Å²) in [5.74, 6) is -0.994. The van der Waals surface area contributed by atoms with E-state index < -0.39 is 16.0 Å².